The Kier molecular flexibility index (Phi) is 4.86. The predicted molar refractivity (Wildman–Crippen MR) is 120 cm³/mol. The van der Waals surface area contributed by atoms with E-state index in [1.807, 2.05) is 66.7 Å². The number of nitrogens with zero attached hydrogens (tertiary/aromatic N) is 3. The number of fused-ring (bicyclic) bond motifs is 2. The van der Waals surface area contributed by atoms with Gasteiger partial charge in [-0.3, -0.25) is 4.79 Å². The van der Waals surface area contributed by atoms with Gasteiger partial charge in [0.05, 0.1) is 6.33 Å². The molecule has 0 radical (unpaired) electrons. The first-order valence-electron chi connectivity index (χ1n) is 9.43. The Morgan fingerprint density at radius 2 is 1.77 bits per heavy atom. The van der Waals surface area contributed by atoms with E-state index in [-0.39, 0.29) is 5.91 Å². The number of carbonyl (C=O) groups is 1. The van der Waals surface area contributed by atoms with Crippen molar-refractivity contribution in [3.8, 4) is 0 Å². The number of thioether (sulfide) groups is 1. The zero-order valence-corrected chi connectivity index (χ0v) is 16.7. The number of rotatable bonds is 5. The van der Waals surface area contributed by atoms with Crippen LogP contribution in [-0.4, -0.2) is 25.8 Å². The quantitative estimate of drug-likeness (QED) is 0.312. The van der Waals surface area contributed by atoms with Crippen molar-refractivity contribution in [1.29, 1.82) is 0 Å². The number of amides is 1. The summed E-state index contributed by atoms with van der Waals surface area (Å²) in [5.41, 5.74) is 4.04. The molecule has 2 N–H and O–H groups in total. The van der Waals surface area contributed by atoms with Crippen LogP contribution in [0.15, 0.2) is 84.4 Å². The zero-order chi connectivity index (χ0) is 20.3. The molecule has 0 saturated carbocycles. The van der Waals surface area contributed by atoms with Gasteiger partial charge in [0, 0.05) is 22.4 Å². The van der Waals surface area contributed by atoms with Gasteiger partial charge < -0.3 is 10.3 Å². The fraction of sp³-hybridized carbons (Fsp3) is 0.0435. The standard InChI is InChI=1S/C23H17N5OS/c29-22(28-19-7-3-5-16-4-1-2-6-18(16)19)17-10-8-15(9-11-17)12-30-23-20-21(25-13-24-20)26-14-27-23/h1-11,13-14H,12H2,(H,28,29)(H,24,25,26,27). The van der Waals surface area contributed by atoms with Gasteiger partial charge >= 0.3 is 0 Å². The van der Waals surface area contributed by atoms with E-state index in [2.05, 4.69) is 25.3 Å². The second-order valence-electron chi connectivity index (χ2n) is 6.75. The van der Waals surface area contributed by atoms with Crippen LogP contribution in [0.25, 0.3) is 21.9 Å². The van der Waals surface area contributed by atoms with Gasteiger partial charge in [-0.15, -0.1) is 0 Å². The minimum atomic E-state index is -0.125. The Labute approximate surface area is 176 Å². The number of imidazole rings is 1. The molecule has 7 heteroatoms. The molecule has 0 spiro atoms. The smallest absolute Gasteiger partial charge is 0.255 e. The van der Waals surface area contributed by atoms with Crippen LogP contribution >= 0.6 is 11.8 Å². The maximum Gasteiger partial charge on any atom is 0.255 e. The number of anilines is 1. The third kappa shape index (κ3) is 3.62. The molecule has 0 aliphatic rings. The molecule has 5 aromatic rings. The molecule has 3 aromatic carbocycles. The molecule has 5 rings (SSSR count). The molecule has 0 saturated heterocycles. The molecule has 1 amide bonds. The van der Waals surface area contributed by atoms with Crippen molar-refractivity contribution in [2.45, 2.75) is 10.8 Å². The van der Waals surface area contributed by atoms with Gasteiger partial charge in [0.1, 0.15) is 16.9 Å². The molecule has 2 heterocycles. The van der Waals surface area contributed by atoms with Gasteiger partial charge in [-0.05, 0) is 29.1 Å². The lowest BCUT2D eigenvalue weighted by Gasteiger charge is -2.09. The molecule has 0 bridgehead atoms. The number of hydrogen-bond donors (Lipinski definition) is 2. The normalized spacial score (nSPS) is 11.1. The number of hydrogen-bond acceptors (Lipinski definition) is 5. The number of H-pyrrole nitrogens is 1. The Balaban J connectivity index is 1.28. The molecule has 2 aromatic heterocycles. The molecule has 146 valence electrons. The molecule has 0 aliphatic heterocycles. The monoisotopic (exact) mass is 411 g/mol. The topological polar surface area (TPSA) is 83.6 Å². The molecule has 0 unspecified atom stereocenters. The van der Waals surface area contributed by atoms with Gasteiger partial charge in [-0.2, -0.15) is 0 Å². The highest BCUT2D eigenvalue weighted by Crippen LogP contribution is 2.26. The van der Waals surface area contributed by atoms with Crippen molar-refractivity contribution >= 4 is 45.3 Å². The van der Waals surface area contributed by atoms with Crippen molar-refractivity contribution in [2.75, 3.05) is 5.32 Å². The van der Waals surface area contributed by atoms with Crippen molar-refractivity contribution in [2.24, 2.45) is 0 Å². The van der Waals surface area contributed by atoms with Crippen LogP contribution in [0.5, 0.6) is 0 Å². The SMILES string of the molecule is O=C(Nc1cccc2ccccc12)c1ccc(CSc2ncnc3nc[nH]c23)cc1. The first kappa shape index (κ1) is 18.3. The zero-order valence-electron chi connectivity index (χ0n) is 15.9. The van der Waals surface area contributed by atoms with E-state index in [0.29, 0.717) is 11.2 Å². The van der Waals surface area contributed by atoms with E-state index in [0.717, 1.165) is 38.3 Å². The number of aromatic amines is 1. The molecule has 30 heavy (non-hydrogen) atoms. The summed E-state index contributed by atoms with van der Waals surface area (Å²) in [6, 6.07) is 21.5. The van der Waals surface area contributed by atoms with Crippen LogP contribution in [-0.2, 0) is 5.75 Å². The highest BCUT2D eigenvalue weighted by Gasteiger charge is 2.10. The fourth-order valence-corrected chi connectivity index (χ4v) is 4.20. The summed E-state index contributed by atoms with van der Waals surface area (Å²) in [7, 11) is 0. The van der Waals surface area contributed by atoms with E-state index in [1.54, 1.807) is 18.1 Å². The van der Waals surface area contributed by atoms with Crippen LogP contribution in [0.3, 0.4) is 0 Å². The van der Waals surface area contributed by atoms with Gasteiger partial charge in [0.15, 0.2) is 5.65 Å². The fourth-order valence-electron chi connectivity index (χ4n) is 3.29. The van der Waals surface area contributed by atoms with Crippen molar-refractivity contribution in [3.05, 3.63) is 90.5 Å². The van der Waals surface area contributed by atoms with E-state index < -0.39 is 0 Å². The third-order valence-corrected chi connectivity index (χ3v) is 5.88. The van der Waals surface area contributed by atoms with E-state index in [1.165, 1.54) is 6.33 Å². The lowest BCUT2D eigenvalue weighted by Crippen LogP contribution is -2.12. The van der Waals surface area contributed by atoms with Gasteiger partial charge in [-0.1, -0.05) is 60.3 Å². The Bertz CT molecular complexity index is 1340. The average molecular weight is 411 g/mol. The van der Waals surface area contributed by atoms with Crippen LogP contribution in [0.1, 0.15) is 15.9 Å². The van der Waals surface area contributed by atoms with Crippen LogP contribution in [0.4, 0.5) is 5.69 Å². The highest BCUT2D eigenvalue weighted by atomic mass is 32.2. The van der Waals surface area contributed by atoms with Crippen LogP contribution in [0.2, 0.25) is 0 Å². The maximum absolute atomic E-state index is 12.7. The number of benzene rings is 3. The number of carbonyl (C=O) groups excluding carboxylic acids is 1. The number of nitrogens with one attached hydrogen (secondary N) is 2. The largest absolute Gasteiger partial charge is 0.341 e. The molecule has 0 atom stereocenters. The van der Waals surface area contributed by atoms with E-state index in [4.69, 9.17) is 0 Å². The summed E-state index contributed by atoms with van der Waals surface area (Å²) in [6.07, 6.45) is 3.14. The summed E-state index contributed by atoms with van der Waals surface area (Å²) in [4.78, 5) is 28.4. The van der Waals surface area contributed by atoms with Crippen molar-refractivity contribution in [3.63, 3.8) is 0 Å². The second kappa shape index (κ2) is 7.96. The molecular weight excluding hydrogens is 394 g/mol. The van der Waals surface area contributed by atoms with Crippen LogP contribution in [0, 0.1) is 0 Å². The Hall–Kier alpha value is -3.71. The molecular formula is C23H17N5OS. The van der Waals surface area contributed by atoms with Crippen LogP contribution < -0.4 is 5.32 Å². The maximum atomic E-state index is 12.7. The predicted octanol–water partition coefficient (Wildman–Crippen LogP) is 5.05. The summed E-state index contributed by atoms with van der Waals surface area (Å²) < 4.78 is 0. The molecule has 0 fully saturated rings. The van der Waals surface area contributed by atoms with Crippen molar-refractivity contribution in [1.82, 2.24) is 19.9 Å². The van der Waals surface area contributed by atoms with E-state index in [9.17, 15) is 4.79 Å². The number of aromatic nitrogens is 4. The van der Waals surface area contributed by atoms with Crippen molar-refractivity contribution < 1.29 is 4.79 Å². The first-order valence-corrected chi connectivity index (χ1v) is 10.4. The summed E-state index contributed by atoms with van der Waals surface area (Å²) in [5, 5.41) is 6.00. The average Bonchev–Trinajstić information content (AvgIpc) is 3.28. The van der Waals surface area contributed by atoms with Gasteiger partial charge in [0.2, 0.25) is 0 Å². The second-order valence-corrected chi connectivity index (χ2v) is 7.71. The Morgan fingerprint density at radius 3 is 2.67 bits per heavy atom. The lowest BCUT2D eigenvalue weighted by molar-refractivity contribution is 0.102. The Morgan fingerprint density at radius 1 is 0.933 bits per heavy atom. The molecule has 0 aliphatic carbocycles. The summed E-state index contributed by atoms with van der Waals surface area (Å²) in [5.74, 6) is 0.608. The third-order valence-electron chi connectivity index (χ3n) is 4.82. The highest BCUT2D eigenvalue weighted by molar-refractivity contribution is 7.98. The van der Waals surface area contributed by atoms with E-state index >= 15 is 0 Å². The summed E-state index contributed by atoms with van der Waals surface area (Å²) in [6.45, 7) is 0. The lowest BCUT2D eigenvalue weighted by atomic mass is 10.1. The van der Waals surface area contributed by atoms with Gasteiger partial charge in [0.25, 0.3) is 5.91 Å². The summed E-state index contributed by atoms with van der Waals surface area (Å²) >= 11 is 1.60. The minimum Gasteiger partial charge on any atom is -0.341 e. The first-order chi connectivity index (χ1) is 14.8. The molecule has 6 nitrogen and oxygen atoms in total. The van der Waals surface area contributed by atoms with Gasteiger partial charge in [-0.25, -0.2) is 15.0 Å². The minimum absolute atomic E-state index is 0.125.